The Balaban J connectivity index is 3.61. The van der Waals surface area contributed by atoms with E-state index in [4.69, 9.17) is 5.26 Å². The van der Waals surface area contributed by atoms with E-state index < -0.39 is 35.8 Å². The summed E-state index contributed by atoms with van der Waals surface area (Å²) in [5, 5.41) is 8.48. The lowest BCUT2D eigenvalue weighted by Gasteiger charge is -2.17. The van der Waals surface area contributed by atoms with Gasteiger partial charge in [-0.25, -0.2) is 8.78 Å². The number of nitriles is 1. The van der Waals surface area contributed by atoms with E-state index in [-0.39, 0.29) is 5.75 Å². The van der Waals surface area contributed by atoms with Gasteiger partial charge in [-0.05, 0) is 0 Å². The molecule has 0 saturated heterocycles. The molecule has 0 aromatic carbocycles. The number of pyridine rings is 1. The minimum absolute atomic E-state index is 0.340. The van der Waals surface area contributed by atoms with E-state index in [0.29, 0.717) is 0 Å². The number of hydrogen-bond donors (Lipinski definition) is 0. The van der Waals surface area contributed by atoms with E-state index in [1.54, 1.807) is 0 Å². The molecule has 98 valence electrons. The second-order valence-corrected chi connectivity index (χ2v) is 3.20. The number of hydrogen-bond acceptors (Lipinski definition) is 3. The summed E-state index contributed by atoms with van der Waals surface area (Å²) in [6.45, 7) is 0. The number of nitrogens with zero attached hydrogens (tertiary/aromatic N) is 2. The Morgan fingerprint density at radius 3 is 2.44 bits per heavy atom. The molecule has 8 heteroatoms. The average molecular weight is 266 g/mol. The van der Waals surface area contributed by atoms with Crippen molar-refractivity contribution in [3.8, 4) is 11.8 Å². The summed E-state index contributed by atoms with van der Waals surface area (Å²) in [4.78, 5) is 3.05. The molecule has 1 aromatic heterocycles. The zero-order valence-corrected chi connectivity index (χ0v) is 9.05. The van der Waals surface area contributed by atoms with Crippen molar-refractivity contribution in [2.45, 2.75) is 19.0 Å². The topological polar surface area (TPSA) is 45.9 Å². The Morgan fingerprint density at radius 1 is 1.44 bits per heavy atom. The molecule has 1 heterocycles. The van der Waals surface area contributed by atoms with Crippen LogP contribution in [0.5, 0.6) is 5.75 Å². The number of ether oxygens (including phenoxy) is 1. The fourth-order valence-electron chi connectivity index (χ4n) is 1.46. The normalized spacial score (nSPS) is 11.4. The van der Waals surface area contributed by atoms with Gasteiger partial charge in [0.15, 0.2) is 0 Å². The molecule has 3 nitrogen and oxygen atoms in total. The first-order chi connectivity index (χ1) is 8.32. The second-order valence-electron chi connectivity index (χ2n) is 3.20. The third-order valence-corrected chi connectivity index (χ3v) is 2.14. The molecule has 0 N–H and O–H groups in total. The summed E-state index contributed by atoms with van der Waals surface area (Å²) >= 11 is 0. The zero-order chi connectivity index (χ0) is 13.9. The van der Waals surface area contributed by atoms with Crippen LogP contribution in [0.2, 0.25) is 0 Å². The Labute approximate surface area is 98.8 Å². The molecule has 0 aliphatic heterocycles. The maximum absolute atomic E-state index is 12.8. The van der Waals surface area contributed by atoms with E-state index in [0.717, 1.165) is 13.3 Å². The van der Waals surface area contributed by atoms with Gasteiger partial charge in [0.05, 0.1) is 31.4 Å². The zero-order valence-electron chi connectivity index (χ0n) is 9.05. The second kappa shape index (κ2) is 5.16. The molecule has 0 atom stereocenters. The van der Waals surface area contributed by atoms with Gasteiger partial charge in [0, 0.05) is 5.56 Å². The van der Waals surface area contributed by atoms with E-state index in [9.17, 15) is 22.0 Å². The SMILES string of the molecule is COc1cnc(C(F)F)c(C(F)(F)F)c1CC#N. The van der Waals surface area contributed by atoms with Crippen molar-refractivity contribution < 1.29 is 26.7 Å². The van der Waals surface area contributed by atoms with Crippen molar-refractivity contribution in [1.82, 2.24) is 4.98 Å². The molecule has 0 unspecified atom stereocenters. The predicted octanol–water partition coefficient (Wildman–Crippen LogP) is 3.11. The van der Waals surface area contributed by atoms with Gasteiger partial charge in [-0.1, -0.05) is 0 Å². The summed E-state index contributed by atoms with van der Waals surface area (Å²) in [6, 6.07) is 1.48. The minimum Gasteiger partial charge on any atom is -0.495 e. The van der Waals surface area contributed by atoms with Gasteiger partial charge in [0.25, 0.3) is 6.43 Å². The van der Waals surface area contributed by atoms with Gasteiger partial charge < -0.3 is 4.74 Å². The number of methoxy groups -OCH3 is 1. The van der Waals surface area contributed by atoms with Crippen LogP contribution in [0.1, 0.15) is 23.2 Å². The van der Waals surface area contributed by atoms with Crippen LogP contribution >= 0.6 is 0 Å². The fourth-order valence-corrected chi connectivity index (χ4v) is 1.46. The Kier molecular flexibility index (Phi) is 4.06. The van der Waals surface area contributed by atoms with Gasteiger partial charge >= 0.3 is 6.18 Å². The third kappa shape index (κ3) is 2.67. The Hall–Kier alpha value is -1.91. The molecule has 0 aliphatic rings. The van der Waals surface area contributed by atoms with E-state index >= 15 is 0 Å². The first-order valence-corrected chi connectivity index (χ1v) is 4.61. The number of rotatable bonds is 3. The third-order valence-electron chi connectivity index (χ3n) is 2.14. The van der Waals surface area contributed by atoms with Crippen LogP contribution in [0.4, 0.5) is 22.0 Å². The summed E-state index contributed by atoms with van der Waals surface area (Å²) < 4.78 is 68.0. The van der Waals surface area contributed by atoms with Crippen molar-refractivity contribution in [1.29, 1.82) is 5.26 Å². The van der Waals surface area contributed by atoms with E-state index in [2.05, 4.69) is 9.72 Å². The van der Waals surface area contributed by atoms with Crippen LogP contribution < -0.4 is 4.74 Å². The number of alkyl halides is 5. The molecule has 0 saturated carbocycles. The van der Waals surface area contributed by atoms with E-state index in [1.807, 2.05) is 0 Å². The number of halogens is 5. The maximum atomic E-state index is 12.8. The molecular weight excluding hydrogens is 259 g/mol. The van der Waals surface area contributed by atoms with Crippen LogP contribution in [0.3, 0.4) is 0 Å². The lowest BCUT2D eigenvalue weighted by molar-refractivity contribution is -0.140. The highest BCUT2D eigenvalue weighted by molar-refractivity contribution is 5.44. The van der Waals surface area contributed by atoms with Crippen LogP contribution in [0, 0.1) is 11.3 Å². The highest BCUT2D eigenvalue weighted by Gasteiger charge is 2.40. The molecule has 0 amide bonds. The summed E-state index contributed by atoms with van der Waals surface area (Å²) in [5.74, 6) is -0.340. The summed E-state index contributed by atoms with van der Waals surface area (Å²) in [5.41, 5.74) is -3.62. The van der Waals surface area contributed by atoms with E-state index in [1.165, 1.54) is 6.07 Å². The minimum atomic E-state index is -5.03. The fraction of sp³-hybridized carbons (Fsp3) is 0.400. The van der Waals surface area contributed by atoms with Gasteiger partial charge in [0.2, 0.25) is 0 Å². The maximum Gasteiger partial charge on any atom is 0.418 e. The lowest BCUT2D eigenvalue weighted by Crippen LogP contribution is -2.16. The highest BCUT2D eigenvalue weighted by Crippen LogP contribution is 2.40. The largest absolute Gasteiger partial charge is 0.495 e. The molecule has 0 bridgehead atoms. The molecule has 18 heavy (non-hydrogen) atoms. The Bertz CT molecular complexity index is 478. The molecule has 1 rings (SSSR count). The van der Waals surface area contributed by atoms with Crippen molar-refractivity contribution >= 4 is 0 Å². The average Bonchev–Trinajstić information content (AvgIpc) is 2.27. The van der Waals surface area contributed by atoms with Crippen molar-refractivity contribution in [2.24, 2.45) is 0 Å². The van der Waals surface area contributed by atoms with Gasteiger partial charge in [-0.15, -0.1) is 0 Å². The molecule has 0 spiro atoms. The van der Waals surface area contributed by atoms with Gasteiger partial charge in [0.1, 0.15) is 11.4 Å². The van der Waals surface area contributed by atoms with Crippen LogP contribution in [-0.4, -0.2) is 12.1 Å². The first-order valence-electron chi connectivity index (χ1n) is 4.61. The van der Waals surface area contributed by atoms with Crippen LogP contribution in [0.15, 0.2) is 6.20 Å². The van der Waals surface area contributed by atoms with Crippen molar-refractivity contribution in [3.05, 3.63) is 23.0 Å². The predicted molar refractivity (Wildman–Crippen MR) is 50.1 cm³/mol. The van der Waals surface area contributed by atoms with Crippen LogP contribution in [-0.2, 0) is 12.6 Å². The van der Waals surface area contributed by atoms with Crippen molar-refractivity contribution in [3.63, 3.8) is 0 Å². The first kappa shape index (κ1) is 14.2. The monoisotopic (exact) mass is 266 g/mol. The summed E-state index contributed by atoms with van der Waals surface area (Å²) in [6.07, 6.45) is -8.35. The molecular formula is C10H7F5N2O. The van der Waals surface area contributed by atoms with Crippen molar-refractivity contribution in [2.75, 3.05) is 7.11 Å². The Morgan fingerprint density at radius 2 is 2.06 bits per heavy atom. The number of aromatic nitrogens is 1. The van der Waals surface area contributed by atoms with Crippen LogP contribution in [0.25, 0.3) is 0 Å². The summed E-state index contributed by atoms with van der Waals surface area (Å²) in [7, 11) is 1.07. The molecule has 1 aromatic rings. The molecule has 0 radical (unpaired) electrons. The molecule has 0 fully saturated rings. The van der Waals surface area contributed by atoms with Gasteiger partial charge in [-0.3, -0.25) is 4.98 Å². The lowest BCUT2D eigenvalue weighted by atomic mass is 10.0. The molecule has 0 aliphatic carbocycles. The quantitative estimate of drug-likeness (QED) is 0.789. The highest BCUT2D eigenvalue weighted by atomic mass is 19.4. The van der Waals surface area contributed by atoms with Gasteiger partial charge in [-0.2, -0.15) is 18.4 Å². The standard InChI is InChI=1S/C10H7F5N2O/c1-18-6-4-17-8(9(11)12)7(10(13,14)15)5(6)2-3-16/h4,9H,2H2,1H3. The smallest absolute Gasteiger partial charge is 0.418 e.